The first-order chi connectivity index (χ1) is 11.5. The Morgan fingerprint density at radius 2 is 1.92 bits per heavy atom. The van der Waals surface area contributed by atoms with Crippen LogP contribution in [0.4, 0.5) is 13.2 Å². The van der Waals surface area contributed by atoms with Crippen molar-refractivity contribution in [1.29, 1.82) is 0 Å². The van der Waals surface area contributed by atoms with Crippen molar-refractivity contribution < 1.29 is 13.2 Å². The van der Waals surface area contributed by atoms with E-state index in [1.807, 2.05) is 0 Å². The molecule has 24 heavy (non-hydrogen) atoms. The standard InChI is InChI=1S/C15H19F3N6/c16-15(17,18)8-24-14(21-13(22-24)10-3-1-2-4-10)11-5-6-23-12(7-11)19-9-20-23/h9-11H,1-8H2. The van der Waals surface area contributed by atoms with Gasteiger partial charge in [0.2, 0.25) is 0 Å². The fraction of sp³-hybridized carbons (Fsp3) is 0.733. The molecule has 1 fully saturated rings. The third-order valence-corrected chi connectivity index (χ3v) is 4.95. The number of hydrogen-bond donors (Lipinski definition) is 0. The van der Waals surface area contributed by atoms with Crippen molar-refractivity contribution in [3.8, 4) is 0 Å². The van der Waals surface area contributed by atoms with Crippen LogP contribution in [0.5, 0.6) is 0 Å². The third kappa shape index (κ3) is 3.03. The molecule has 1 atom stereocenters. The van der Waals surface area contributed by atoms with E-state index in [2.05, 4.69) is 20.2 Å². The Labute approximate surface area is 137 Å². The van der Waals surface area contributed by atoms with Gasteiger partial charge in [-0.05, 0) is 19.3 Å². The van der Waals surface area contributed by atoms with E-state index >= 15 is 0 Å². The minimum atomic E-state index is -4.30. The number of nitrogens with zero attached hydrogens (tertiary/aromatic N) is 6. The lowest BCUT2D eigenvalue weighted by Gasteiger charge is -2.22. The first kappa shape index (κ1) is 15.6. The van der Waals surface area contributed by atoms with E-state index < -0.39 is 12.7 Å². The molecule has 0 saturated heterocycles. The number of halogens is 3. The highest BCUT2D eigenvalue weighted by atomic mass is 19.4. The second kappa shape index (κ2) is 5.86. The highest BCUT2D eigenvalue weighted by Crippen LogP contribution is 2.35. The highest BCUT2D eigenvalue weighted by molar-refractivity contribution is 5.10. The molecule has 130 valence electrons. The zero-order chi connectivity index (χ0) is 16.7. The zero-order valence-electron chi connectivity index (χ0n) is 13.2. The largest absolute Gasteiger partial charge is 0.408 e. The minimum absolute atomic E-state index is 0.0910. The van der Waals surface area contributed by atoms with E-state index in [-0.39, 0.29) is 11.8 Å². The molecule has 0 aromatic carbocycles. The van der Waals surface area contributed by atoms with Crippen molar-refractivity contribution in [2.45, 2.75) is 69.6 Å². The number of hydrogen-bond acceptors (Lipinski definition) is 4. The van der Waals surface area contributed by atoms with Gasteiger partial charge in [0.25, 0.3) is 0 Å². The van der Waals surface area contributed by atoms with Gasteiger partial charge in [-0.25, -0.2) is 14.6 Å². The Hall–Kier alpha value is -1.93. The Morgan fingerprint density at radius 3 is 2.67 bits per heavy atom. The maximum absolute atomic E-state index is 12.9. The summed E-state index contributed by atoms with van der Waals surface area (Å²) in [6.07, 6.45) is 2.58. The molecular formula is C15H19F3N6. The molecule has 9 heteroatoms. The van der Waals surface area contributed by atoms with Crippen molar-refractivity contribution in [2.24, 2.45) is 0 Å². The number of rotatable bonds is 3. The summed E-state index contributed by atoms with van der Waals surface area (Å²) in [5.41, 5.74) is 0. The molecule has 3 heterocycles. The van der Waals surface area contributed by atoms with Crippen LogP contribution in [0, 0.1) is 0 Å². The van der Waals surface area contributed by atoms with Gasteiger partial charge in [0.15, 0.2) is 5.82 Å². The van der Waals surface area contributed by atoms with E-state index in [9.17, 15) is 13.2 Å². The molecule has 6 nitrogen and oxygen atoms in total. The molecule has 0 radical (unpaired) electrons. The van der Waals surface area contributed by atoms with Crippen LogP contribution in [-0.2, 0) is 19.5 Å². The zero-order valence-corrected chi connectivity index (χ0v) is 13.2. The fourth-order valence-corrected chi connectivity index (χ4v) is 3.77. The summed E-state index contributed by atoms with van der Waals surface area (Å²) < 4.78 is 41.7. The molecular weight excluding hydrogens is 321 g/mol. The smallest absolute Gasteiger partial charge is 0.250 e. The van der Waals surface area contributed by atoms with Gasteiger partial charge in [-0.15, -0.1) is 0 Å². The SMILES string of the molecule is FC(F)(F)Cn1nc(C2CCCC2)nc1C1CCn2ncnc2C1. The number of fused-ring (bicyclic) bond motifs is 1. The number of alkyl halides is 3. The van der Waals surface area contributed by atoms with Crippen LogP contribution in [-0.4, -0.2) is 35.7 Å². The van der Waals surface area contributed by atoms with Crippen LogP contribution in [0.2, 0.25) is 0 Å². The van der Waals surface area contributed by atoms with Crippen molar-refractivity contribution >= 4 is 0 Å². The molecule has 1 aliphatic heterocycles. The molecule has 0 amide bonds. The van der Waals surface area contributed by atoms with Crippen LogP contribution in [0.3, 0.4) is 0 Å². The van der Waals surface area contributed by atoms with Gasteiger partial charge in [-0.3, -0.25) is 4.68 Å². The Kier molecular flexibility index (Phi) is 3.80. The van der Waals surface area contributed by atoms with Gasteiger partial charge in [0.1, 0.15) is 24.5 Å². The van der Waals surface area contributed by atoms with Crippen molar-refractivity contribution in [1.82, 2.24) is 29.5 Å². The summed E-state index contributed by atoms with van der Waals surface area (Å²) in [6.45, 7) is -0.428. The monoisotopic (exact) mass is 340 g/mol. The van der Waals surface area contributed by atoms with Crippen LogP contribution in [0.25, 0.3) is 0 Å². The lowest BCUT2D eigenvalue weighted by molar-refractivity contribution is -0.143. The molecule has 0 bridgehead atoms. The first-order valence-corrected chi connectivity index (χ1v) is 8.37. The van der Waals surface area contributed by atoms with Crippen LogP contribution < -0.4 is 0 Å². The van der Waals surface area contributed by atoms with E-state index in [1.165, 1.54) is 6.33 Å². The van der Waals surface area contributed by atoms with Gasteiger partial charge >= 0.3 is 6.18 Å². The maximum Gasteiger partial charge on any atom is 0.408 e. The molecule has 2 aromatic rings. The highest BCUT2D eigenvalue weighted by Gasteiger charge is 2.34. The summed E-state index contributed by atoms with van der Waals surface area (Å²) in [7, 11) is 0. The lowest BCUT2D eigenvalue weighted by atomic mass is 9.97. The van der Waals surface area contributed by atoms with E-state index in [1.54, 1.807) is 4.68 Å². The van der Waals surface area contributed by atoms with Crippen LogP contribution in [0.1, 0.15) is 61.4 Å². The molecule has 0 N–H and O–H groups in total. The topological polar surface area (TPSA) is 61.4 Å². The number of aromatic nitrogens is 6. The summed E-state index contributed by atoms with van der Waals surface area (Å²) in [4.78, 5) is 8.74. The third-order valence-electron chi connectivity index (χ3n) is 4.95. The predicted molar refractivity (Wildman–Crippen MR) is 78.4 cm³/mol. The predicted octanol–water partition coefficient (Wildman–Crippen LogP) is 2.82. The first-order valence-electron chi connectivity index (χ1n) is 8.37. The average molecular weight is 340 g/mol. The van der Waals surface area contributed by atoms with Crippen molar-refractivity contribution in [2.75, 3.05) is 0 Å². The van der Waals surface area contributed by atoms with Gasteiger partial charge < -0.3 is 0 Å². The minimum Gasteiger partial charge on any atom is -0.250 e. The van der Waals surface area contributed by atoms with Gasteiger partial charge in [-0.1, -0.05) is 12.8 Å². The maximum atomic E-state index is 12.9. The lowest BCUT2D eigenvalue weighted by Crippen LogP contribution is -2.25. The van der Waals surface area contributed by atoms with Crippen LogP contribution in [0.15, 0.2) is 6.33 Å². The van der Waals surface area contributed by atoms with Crippen molar-refractivity contribution in [3.63, 3.8) is 0 Å². The fourth-order valence-electron chi connectivity index (χ4n) is 3.77. The summed E-state index contributed by atoms with van der Waals surface area (Å²) in [6, 6.07) is 0. The molecule has 4 rings (SSSR count). The second-order valence-electron chi connectivity index (χ2n) is 6.67. The quantitative estimate of drug-likeness (QED) is 0.862. The number of aryl methyl sites for hydroxylation is 1. The average Bonchev–Trinajstić information content (AvgIpc) is 3.25. The molecule has 1 unspecified atom stereocenters. The summed E-state index contributed by atoms with van der Waals surface area (Å²) >= 11 is 0. The molecule has 1 aliphatic carbocycles. The Morgan fingerprint density at radius 1 is 1.12 bits per heavy atom. The molecule has 2 aromatic heterocycles. The van der Waals surface area contributed by atoms with E-state index in [0.717, 1.165) is 36.2 Å². The van der Waals surface area contributed by atoms with Gasteiger partial charge in [0.05, 0.1) is 0 Å². The molecule has 0 spiro atoms. The Balaban J connectivity index is 1.65. The Bertz CT molecular complexity index is 713. The normalized spacial score (nSPS) is 22.0. The second-order valence-corrected chi connectivity index (χ2v) is 6.67. The van der Waals surface area contributed by atoms with E-state index in [0.29, 0.717) is 31.0 Å². The summed E-state index contributed by atoms with van der Waals surface area (Å²) in [5.74, 6) is 1.94. The molecule has 1 saturated carbocycles. The van der Waals surface area contributed by atoms with Gasteiger partial charge in [0, 0.05) is 24.8 Å². The van der Waals surface area contributed by atoms with Gasteiger partial charge in [-0.2, -0.15) is 23.4 Å². The summed E-state index contributed by atoms with van der Waals surface area (Å²) in [5, 5.41) is 8.36. The van der Waals surface area contributed by atoms with Crippen LogP contribution >= 0.6 is 0 Å². The van der Waals surface area contributed by atoms with E-state index in [4.69, 9.17) is 0 Å². The van der Waals surface area contributed by atoms with Crippen molar-refractivity contribution in [3.05, 3.63) is 23.8 Å². The molecule has 2 aliphatic rings.